The van der Waals surface area contributed by atoms with E-state index in [9.17, 15) is 0 Å². The van der Waals surface area contributed by atoms with Crippen LogP contribution in [-0.2, 0) is 0 Å². The first-order valence-corrected chi connectivity index (χ1v) is 6.34. The van der Waals surface area contributed by atoms with Crippen molar-refractivity contribution in [2.45, 2.75) is 26.7 Å². The van der Waals surface area contributed by atoms with Crippen LogP contribution in [-0.4, -0.2) is 18.1 Å². The van der Waals surface area contributed by atoms with E-state index in [1.54, 1.807) is 0 Å². The van der Waals surface area contributed by atoms with Crippen LogP contribution in [0.5, 0.6) is 0 Å². The number of hydrogen-bond donors (Lipinski definition) is 0. The van der Waals surface area contributed by atoms with Crippen LogP contribution in [0, 0.1) is 12.8 Å². The molecule has 82 valence electrons. The third-order valence-electron chi connectivity index (χ3n) is 3.15. The lowest BCUT2D eigenvalue weighted by Crippen LogP contribution is -2.33. The molecule has 0 bridgehead atoms. The van der Waals surface area contributed by atoms with E-state index in [0.29, 0.717) is 0 Å². The van der Waals surface area contributed by atoms with Gasteiger partial charge in [0.15, 0.2) is 0 Å². The number of rotatable bonds is 1. The van der Waals surface area contributed by atoms with Crippen LogP contribution in [0.3, 0.4) is 0 Å². The van der Waals surface area contributed by atoms with Crippen LogP contribution in [0.1, 0.15) is 25.3 Å². The number of halogens is 1. The Labute approximate surface area is 99.8 Å². The van der Waals surface area contributed by atoms with Crippen molar-refractivity contribution in [2.24, 2.45) is 5.92 Å². The summed E-state index contributed by atoms with van der Waals surface area (Å²) in [5.41, 5.74) is 1.26. The molecular formula is C12H17BrN2. The molecule has 1 aromatic rings. The SMILES string of the molecule is Cc1ccnc(N2CCC(C)CC2)c1Br. The molecule has 2 nitrogen and oxygen atoms in total. The number of anilines is 1. The minimum atomic E-state index is 0.866. The zero-order valence-corrected chi connectivity index (χ0v) is 10.9. The average molecular weight is 269 g/mol. The number of aryl methyl sites for hydroxylation is 1. The van der Waals surface area contributed by atoms with Crippen molar-refractivity contribution in [3.05, 3.63) is 22.3 Å². The van der Waals surface area contributed by atoms with Crippen molar-refractivity contribution < 1.29 is 0 Å². The average Bonchev–Trinajstić information content (AvgIpc) is 2.24. The molecule has 3 heteroatoms. The molecule has 1 saturated heterocycles. The lowest BCUT2D eigenvalue weighted by Gasteiger charge is -2.32. The Bertz CT molecular complexity index is 343. The van der Waals surface area contributed by atoms with Crippen LogP contribution in [0.25, 0.3) is 0 Å². The molecule has 0 atom stereocenters. The Morgan fingerprint density at radius 2 is 2.07 bits per heavy atom. The van der Waals surface area contributed by atoms with Gasteiger partial charge in [0.25, 0.3) is 0 Å². The predicted molar refractivity (Wildman–Crippen MR) is 67.3 cm³/mol. The van der Waals surface area contributed by atoms with E-state index in [-0.39, 0.29) is 0 Å². The number of hydrogen-bond acceptors (Lipinski definition) is 2. The molecule has 1 aliphatic heterocycles. The molecule has 1 aromatic heterocycles. The topological polar surface area (TPSA) is 16.1 Å². The molecule has 2 heterocycles. The van der Waals surface area contributed by atoms with E-state index in [2.05, 4.69) is 39.7 Å². The van der Waals surface area contributed by atoms with Crippen LogP contribution < -0.4 is 4.90 Å². The molecule has 0 aliphatic carbocycles. The van der Waals surface area contributed by atoms with E-state index in [0.717, 1.165) is 29.3 Å². The second-order valence-corrected chi connectivity index (χ2v) is 5.23. The number of aromatic nitrogens is 1. The Kier molecular flexibility index (Phi) is 3.29. The van der Waals surface area contributed by atoms with E-state index < -0.39 is 0 Å². The highest BCUT2D eigenvalue weighted by Gasteiger charge is 2.19. The van der Waals surface area contributed by atoms with Gasteiger partial charge in [-0.1, -0.05) is 6.92 Å². The molecule has 0 spiro atoms. The van der Waals surface area contributed by atoms with Crippen LogP contribution in [0.15, 0.2) is 16.7 Å². The fourth-order valence-electron chi connectivity index (χ4n) is 1.97. The monoisotopic (exact) mass is 268 g/mol. The van der Waals surface area contributed by atoms with Gasteiger partial charge < -0.3 is 4.90 Å². The summed E-state index contributed by atoms with van der Waals surface area (Å²) in [6, 6.07) is 2.04. The third kappa shape index (κ3) is 2.33. The molecule has 0 radical (unpaired) electrons. The Hall–Kier alpha value is -0.570. The second-order valence-electron chi connectivity index (χ2n) is 4.44. The van der Waals surface area contributed by atoms with Gasteiger partial charge in [-0.05, 0) is 53.2 Å². The fraction of sp³-hybridized carbons (Fsp3) is 0.583. The maximum absolute atomic E-state index is 4.47. The van der Waals surface area contributed by atoms with Gasteiger partial charge in [0.2, 0.25) is 0 Å². The predicted octanol–water partition coefficient (Wildman–Crippen LogP) is 3.39. The van der Waals surface area contributed by atoms with Crippen molar-refractivity contribution in [2.75, 3.05) is 18.0 Å². The lowest BCUT2D eigenvalue weighted by molar-refractivity contribution is 0.436. The molecule has 15 heavy (non-hydrogen) atoms. The largest absolute Gasteiger partial charge is 0.356 e. The van der Waals surface area contributed by atoms with Crippen molar-refractivity contribution in [3.8, 4) is 0 Å². The summed E-state index contributed by atoms with van der Waals surface area (Å²) in [5, 5.41) is 0. The van der Waals surface area contributed by atoms with Crippen LogP contribution in [0.4, 0.5) is 5.82 Å². The first-order chi connectivity index (χ1) is 7.18. The van der Waals surface area contributed by atoms with Gasteiger partial charge in [0.05, 0.1) is 4.47 Å². The summed E-state index contributed by atoms with van der Waals surface area (Å²) in [5.74, 6) is 1.98. The van der Waals surface area contributed by atoms with Crippen LogP contribution in [0.2, 0.25) is 0 Å². The summed E-state index contributed by atoms with van der Waals surface area (Å²) in [4.78, 5) is 6.85. The summed E-state index contributed by atoms with van der Waals surface area (Å²) in [6.07, 6.45) is 4.46. The molecule has 1 aliphatic rings. The summed E-state index contributed by atoms with van der Waals surface area (Å²) in [7, 11) is 0. The molecule has 0 saturated carbocycles. The molecule has 0 unspecified atom stereocenters. The summed E-state index contributed by atoms with van der Waals surface area (Å²) in [6.45, 7) is 6.71. The van der Waals surface area contributed by atoms with Gasteiger partial charge in [-0.25, -0.2) is 4.98 Å². The first-order valence-electron chi connectivity index (χ1n) is 5.54. The normalized spacial score (nSPS) is 18.2. The van der Waals surface area contributed by atoms with Crippen molar-refractivity contribution in [1.82, 2.24) is 4.98 Å². The van der Waals surface area contributed by atoms with Crippen molar-refractivity contribution >= 4 is 21.7 Å². The fourth-order valence-corrected chi connectivity index (χ4v) is 2.45. The standard InChI is InChI=1S/C12H17BrN2/c1-9-4-7-15(8-5-9)12-11(13)10(2)3-6-14-12/h3,6,9H,4-5,7-8H2,1-2H3. The van der Waals surface area contributed by atoms with Gasteiger partial charge >= 0.3 is 0 Å². The maximum atomic E-state index is 4.47. The highest BCUT2D eigenvalue weighted by Crippen LogP contribution is 2.29. The van der Waals surface area contributed by atoms with Gasteiger partial charge in [-0.3, -0.25) is 0 Å². The quantitative estimate of drug-likeness (QED) is 0.776. The summed E-state index contributed by atoms with van der Waals surface area (Å²) < 4.78 is 1.15. The van der Waals surface area contributed by atoms with E-state index in [4.69, 9.17) is 0 Å². The number of piperidine rings is 1. The van der Waals surface area contributed by atoms with Gasteiger partial charge in [0.1, 0.15) is 5.82 Å². The molecule has 0 aromatic carbocycles. The zero-order chi connectivity index (χ0) is 10.8. The number of pyridine rings is 1. The molecule has 0 N–H and O–H groups in total. The van der Waals surface area contributed by atoms with Gasteiger partial charge in [-0.15, -0.1) is 0 Å². The van der Waals surface area contributed by atoms with E-state index in [1.807, 2.05) is 12.3 Å². The van der Waals surface area contributed by atoms with Crippen molar-refractivity contribution in [1.29, 1.82) is 0 Å². The molecule has 2 rings (SSSR count). The third-order valence-corrected chi connectivity index (χ3v) is 4.13. The Morgan fingerprint density at radius 1 is 1.40 bits per heavy atom. The Morgan fingerprint density at radius 3 is 2.73 bits per heavy atom. The number of nitrogens with zero attached hydrogens (tertiary/aromatic N) is 2. The highest BCUT2D eigenvalue weighted by molar-refractivity contribution is 9.10. The molecule has 1 fully saturated rings. The minimum Gasteiger partial charge on any atom is -0.356 e. The zero-order valence-electron chi connectivity index (χ0n) is 9.33. The first kappa shape index (κ1) is 10.9. The van der Waals surface area contributed by atoms with Crippen molar-refractivity contribution in [3.63, 3.8) is 0 Å². The Balaban J connectivity index is 2.19. The van der Waals surface area contributed by atoms with Gasteiger partial charge in [-0.2, -0.15) is 0 Å². The van der Waals surface area contributed by atoms with E-state index >= 15 is 0 Å². The van der Waals surface area contributed by atoms with Gasteiger partial charge in [0, 0.05) is 19.3 Å². The smallest absolute Gasteiger partial charge is 0.143 e. The lowest BCUT2D eigenvalue weighted by atomic mass is 9.99. The minimum absolute atomic E-state index is 0.866. The maximum Gasteiger partial charge on any atom is 0.143 e. The van der Waals surface area contributed by atoms with Crippen LogP contribution >= 0.6 is 15.9 Å². The van der Waals surface area contributed by atoms with E-state index in [1.165, 1.54) is 18.4 Å². The molecule has 0 amide bonds. The molecular weight excluding hydrogens is 252 g/mol. The highest BCUT2D eigenvalue weighted by atomic mass is 79.9. The summed E-state index contributed by atoms with van der Waals surface area (Å²) >= 11 is 3.63. The second kappa shape index (κ2) is 4.52.